The van der Waals surface area contributed by atoms with Crippen molar-refractivity contribution in [1.82, 2.24) is 5.32 Å². The maximum absolute atomic E-state index is 5.99. The molecule has 1 fully saturated rings. The maximum Gasteiger partial charge on any atom is 0.0594 e. The molecule has 3 heteroatoms. The van der Waals surface area contributed by atoms with Gasteiger partial charge in [-0.25, -0.2) is 0 Å². The molecule has 0 aromatic heterocycles. The number of thioether (sulfide) groups is 1. The van der Waals surface area contributed by atoms with E-state index >= 15 is 0 Å². The Bertz CT molecular complexity index is 417. The van der Waals surface area contributed by atoms with Crippen LogP contribution in [-0.2, 0) is 10.5 Å². The monoisotopic (exact) mass is 291 g/mol. The highest BCUT2D eigenvalue weighted by molar-refractivity contribution is 7.98. The lowest BCUT2D eigenvalue weighted by Crippen LogP contribution is -2.31. The number of hydrogen-bond donors (Lipinski definition) is 1. The highest BCUT2D eigenvalue weighted by Gasteiger charge is 2.19. The fourth-order valence-electron chi connectivity index (χ4n) is 3.24. The van der Waals surface area contributed by atoms with Crippen molar-refractivity contribution in [1.29, 1.82) is 0 Å². The van der Waals surface area contributed by atoms with E-state index in [0.29, 0.717) is 12.1 Å². The minimum absolute atomic E-state index is 0.500. The second-order valence-electron chi connectivity index (χ2n) is 5.85. The Morgan fingerprint density at radius 2 is 2.00 bits per heavy atom. The Hall–Kier alpha value is -0.510. The van der Waals surface area contributed by atoms with E-state index in [9.17, 15) is 0 Å². The van der Waals surface area contributed by atoms with Crippen molar-refractivity contribution < 1.29 is 4.74 Å². The number of benzene rings is 1. The van der Waals surface area contributed by atoms with Crippen molar-refractivity contribution in [2.24, 2.45) is 0 Å². The van der Waals surface area contributed by atoms with Crippen molar-refractivity contribution in [3.05, 3.63) is 35.4 Å². The number of fused-ring (bicyclic) bond motifs is 1. The summed E-state index contributed by atoms with van der Waals surface area (Å²) in [6.45, 7) is 1.82. The van der Waals surface area contributed by atoms with E-state index in [4.69, 9.17) is 4.74 Å². The molecule has 0 bridgehead atoms. The lowest BCUT2D eigenvalue weighted by molar-refractivity contribution is 0.0296. The molecule has 1 saturated carbocycles. The molecule has 0 saturated heterocycles. The van der Waals surface area contributed by atoms with Gasteiger partial charge < -0.3 is 10.1 Å². The minimum atomic E-state index is 0.500. The molecule has 2 nitrogen and oxygen atoms in total. The average Bonchev–Trinajstić information content (AvgIpc) is 2.53. The van der Waals surface area contributed by atoms with Gasteiger partial charge in [0.15, 0.2) is 0 Å². The van der Waals surface area contributed by atoms with Crippen LogP contribution in [-0.4, -0.2) is 25.0 Å². The molecular formula is C17H25NOS. The van der Waals surface area contributed by atoms with Crippen LogP contribution in [0.15, 0.2) is 24.3 Å². The van der Waals surface area contributed by atoms with Gasteiger partial charge in [-0.15, -0.1) is 0 Å². The molecule has 1 N–H and O–H groups in total. The maximum atomic E-state index is 5.99. The van der Waals surface area contributed by atoms with Gasteiger partial charge in [0.1, 0.15) is 0 Å². The van der Waals surface area contributed by atoms with E-state index in [-0.39, 0.29) is 0 Å². The molecule has 20 heavy (non-hydrogen) atoms. The van der Waals surface area contributed by atoms with Gasteiger partial charge in [-0.1, -0.05) is 43.5 Å². The van der Waals surface area contributed by atoms with Crippen molar-refractivity contribution in [3.8, 4) is 0 Å². The van der Waals surface area contributed by atoms with Gasteiger partial charge >= 0.3 is 0 Å². The summed E-state index contributed by atoms with van der Waals surface area (Å²) in [6.07, 6.45) is 7.16. The number of rotatable bonds is 5. The third-order valence-electron chi connectivity index (χ3n) is 4.37. The van der Waals surface area contributed by atoms with Gasteiger partial charge in [-0.05, 0) is 24.0 Å². The molecule has 1 aromatic rings. The zero-order valence-corrected chi connectivity index (χ0v) is 13.0. The van der Waals surface area contributed by atoms with E-state index in [2.05, 4.69) is 29.6 Å². The van der Waals surface area contributed by atoms with Gasteiger partial charge in [0.25, 0.3) is 0 Å². The van der Waals surface area contributed by atoms with Crippen LogP contribution in [0.1, 0.15) is 49.3 Å². The van der Waals surface area contributed by atoms with E-state index in [0.717, 1.165) is 18.9 Å². The highest BCUT2D eigenvalue weighted by atomic mass is 32.2. The van der Waals surface area contributed by atoms with Crippen LogP contribution in [0.3, 0.4) is 0 Å². The molecule has 1 aromatic carbocycles. The number of hydrogen-bond acceptors (Lipinski definition) is 3. The lowest BCUT2D eigenvalue weighted by Gasteiger charge is -2.27. The first-order valence-corrected chi connectivity index (χ1v) is 9.09. The standard InChI is InChI=1S/C17H25NOS/c1-2-7-15(8-3-1)19-11-10-18-17-13-20-12-14-6-4-5-9-16(14)17/h4-6,9,15,17-18H,1-3,7-8,10-13H2. The number of nitrogens with one attached hydrogen (secondary N) is 1. The van der Waals surface area contributed by atoms with Crippen LogP contribution in [0, 0.1) is 0 Å². The zero-order chi connectivity index (χ0) is 13.6. The molecule has 110 valence electrons. The van der Waals surface area contributed by atoms with E-state index in [1.165, 1.54) is 49.0 Å². The minimum Gasteiger partial charge on any atom is -0.377 e. The predicted octanol–water partition coefficient (Wildman–Crippen LogP) is 3.91. The van der Waals surface area contributed by atoms with Crippen molar-refractivity contribution in [3.63, 3.8) is 0 Å². The van der Waals surface area contributed by atoms with Crippen molar-refractivity contribution in [2.75, 3.05) is 18.9 Å². The lowest BCUT2D eigenvalue weighted by atomic mass is 9.98. The van der Waals surface area contributed by atoms with Crippen LogP contribution < -0.4 is 5.32 Å². The summed E-state index contributed by atoms with van der Waals surface area (Å²) in [5, 5.41) is 3.67. The quantitative estimate of drug-likeness (QED) is 0.831. The molecule has 0 spiro atoms. The second-order valence-corrected chi connectivity index (χ2v) is 6.88. The Morgan fingerprint density at radius 3 is 2.90 bits per heavy atom. The molecule has 0 radical (unpaired) electrons. The fraction of sp³-hybridized carbons (Fsp3) is 0.647. The van der Waals surface area contributed by atoms with Crippen molar-refractivity contribution in [2.45, 2.75) is 50.0 Å². The summed E-state index contributed by atoms with van der Waals surface area (Å²) in [5.41, 5.74) is 2.98. The Kier molecular flexibility index (Phi) is 5.40. The first kappa shape index (κ1) is 14.4. The van der Waals surface area contributed by atoms with Gasteiger partial charge in [-0.2, -0.15) is 11.8 Å². The van der Waals surface area contributed by atoms with Gasteiger partial charge in [-0.3, -0.25) is 0 Å². The molecule has 0 amide bonds. The van der Waals surface area contributed by atoms with Gasteiger partial charge in [0, 0.05) is 24.1 Å². The zero-order valence-electron chi connectivity index (χ0n) is 12.1. The summed E-state index contributed by atoms with van der Waals surface area (Å²) >= 11 is 2.03. The second kappa shape index (κ2) is 7.48. The molecule has 1 unspecified atom stereocenters. The van der Waals surface area contributed by atoms with Crippen LogP contribution in [0.25, 0.3) is 0 Å². The highest BCUT2D eigenvalue weighted by Crippen LogP contribution is 2.31. The largest absolute Gasteiger partial charge is 0.377 e. The molecule has 1 heterocycles. The van der Waals surface area contributed by atoms with Crippen LogP contribution in [0.4, 0.5) is 0 Å². The van der Waals surface area contributed by atoms with E-state index < -0.39 is 0 Å². The molecule has 3 rings (SSSR count). The third-order valence-corrected chi connectivity index (χ3v) is 5.46. The summed E-state index contributed by atoms with van der Waals surface area (Å²) < 4.78 is 5.99. The first-order valence-electron chi connectivity index (χ1n) is 7.94. The molecule has 1 aliphatic heterocycles. The summed E-state index contributed by atoms with van der Waals surface area (Å²) in [4.78, 5) is 0. The van der Waals surface area contributed by atoms with Crippen LogP contribution in [0.5, 0.6) is 0 Å². The Balaban J connectivity index is 1.43. The van der Waals surface area contributed by atoms with Gasteiger partial charge in [0.2, 0.25) is 0 Å². The number of ether oxygens (including phenoxy) is 1. The Morgan fingerprint density at radius 1 is 1.15 bits per heavy atom. The average molecular weight is 291 g/mol. The van der Waals surface area contributed by atoms with Crippen LogP contribution >= 0.6 is 11.8 Å². The SMILES string of the molecule is c1ccc2c(c1)CSCC2NCCOC1CCCCC1. The van der Waals surface area contributed by atoms with Crippen LogP contribution in [0.2, 0.25) is 0 Å². The third kappa shape index (κ3) is 3.78. The summed E-state index contributed by atoms with van der Waals surface area (Å²) in [7, 11) is 0. The molecule has 1 atom stereocenters. The summed E-state index contributed by atoms with van der Waals surface area (Å²) in [6, 6.07) is 9.33. The first-order chi connectivity index (χ1) is 9.93. The van der Waals surface area contributed by atoms with Gasteiger partial charge in [0.05, 0.1) is 12.7 Å². The predicted molar refractivity (Wildman–Crippen MR) is 86.2 cm³/mol. The topological polar surface area (TPSA) is 21.3 Å². The normalized spacial score (nSPS) is 23.5. The molecule has 2 aliphatic rings. The smallest absolute Gasteiger partial charge is 0.0594 e. The van der Waals surface area contributed by atoms with E-state index in [1.54, 1.807) is 0 Å². The summed E-state index contributed by atoms with van der Waals surface area (Å²) in [5.74, 6) is 2.34. The fourth-order valence-corrected chi connectivity index (χ4v) is 4.38. The van der Waals surface area contributed by atoms with E-state index in [1.807, 2.05) is 11.8 Å². The molecule has 1 aliphatic carbocycles. The molecular weight excluding hydrogens is 266 g/mol. The van der Waals surface area contributed by atoms with Crippen molar-refractivity contribution >= 4 is 11.8 Å². The Labute approximate surface area is 126 Å².